The highest BCUT2D eigenvalue weighted by molar-refractivity contribution is 5.87. The quantitative estimate of drug-likeness (QED) is 0.410. The van der Waals surface area contributed by atoms with Gasteiger partial charge in [0.05, 0.1) is 0 Å². The van der Waals surface area contributed by atoms with E-state index in [0.717, 1.165) is 31.8 Å². The van der Waals surface area contributed by atoms with E-state index in [4.69, 9.17) is 4.74 Å². The van der Waals surface area contributed by atoms with Crippen molar-refractivity contribution in [2.75, 3.05) is 20.1 Å². The molecule has 0 unspecified atom stereocenters. The molecule has 5 heteroatoms. The van der Waals surface area contributed by atoms with E-state index in [1.54, 1.807) is 0 Å². The SMILES string of the molecule is CNCCCNCc1c(OCc2ccccc2)ccc2ccccc12.[Cl-].[Cl-]. The molecule has 3 aromatic rings. The van der Waals surface area contributed by atoms with Crippen molar-refractivity contribution in [2.45, 2.75) is 19.6 Å². The van der Waals surface area contributed by atoms with Crippen LogP contribution in [0.1, 0.15) is 17.5 Å². The first-order valence-corrected chi connectivity index (χ1v) is 8.91. The average molecular weight is 405 g/mol. The molecular formula is C22H26Cl2N2O-2. The molecule has 0 saturated carbocycles. The molecule has 3 nitrogen and oxygen atoms in total. The van der Waals surface area contributed by atoms with Gasteiger partial charge in [-0.3, -0.25) is 0 Å². The second-order valence-corrected chi connectivity index (χ2v) is 6.17. The first-order valence-electron chi connectivity index (χ1n) is 8.91. The van der Waals surface area contributed by atoms with Crippen LogP contribution >= 0.6 is 0 Å². The zero-order chi connectivity index (χ0) is 17.3. The molecule has 27 heavy (non-hydrogen) atoms. The highest BCUT2D eigenvalue weighted by Gasteiger charge is 2.09. The van der Waals surface area contributed by atoms with Crippen LogP contribution < -0.4 is 40.2 Å². The molecule has 0 radical (unpaired) electrons. The van der Waals surface area contributed by atoms with E-state index in [0.29, 0.717) is 6.61 Å². The molecule has 0 fully saturated rings. The summed E-state index contributed by atoms with van der Waals surface area (Å²) in [5, 5.41) is 9.24. The van der Waals surface area contributed by atoms with E-state index >= 15 is 0 Å². The Balaban J connectivity index is 0.00000182. The predicted octanol–water partition coefficient (Wildman–Crippen LogP) is -1.87. The van der Waals surface area contributed by atoms with E-state index in [1.807, 2.05) is 25.2 Å². The van der Waals surface area contributed by atoms with Crippen LogP contribution in [0.4, 0.5) is 0 Å². The number of benzene rings is 3. The average Bonchev–Trinajstić information content (AvgIpc) is 2.67. The van der Waals surface area contributed by atoms with Gasteiger partial charge in [-0.25, -0.2) is 0 Å². The third kappa shape index (κ3) is 6.71. The fourth-order valence-corrected chi connectivity index (χ4v) is 2.97. The van der Waals surface area contributed by atoms with Gasteiger partial charge in [0.25, 0.3) is 0 Å². The van der Waals surface area contributed by atoms with Crippen LogP contribution in [-0.4, -0.2) is 20.1 Å². The first kappa shape index (κ1) is 23.3. The number of rotatable bonds is 9. The Bertz CT molecular complexity index is 797. The number of halogens is 2. The Kier molecular flexibility index (Phi) is 10.8. The topological polar surface area (TPSA) is 33.3 Å². The second kappa shape index (κ2) is 12.6. The number of nitrogens with one attached hydrogen (secondary N) is 2. The van der Waals surface area contributed by atoms with Crippen molar-refractivity contribution in [1.82, 2.24) is 10.6 Å². The van der Waals surface area contributed by atoms with Crippen molar-refractivity contribution in [1.29, 1.82) is 0 Å². The molecule has 3 aromatic carbocycles. The Labute approximate surface area is 174 Å². The van der Waals surface area contributed by atoms with Gasteiger partial charge >= 0.3 is 0 Å². The minimum absolute atomic E-state index is 0. The molecule has 0 atom stereocenters. The van der Waals surface area contributed by atoms with Crippen molar-refractivity contribution in [2.24, 2.45) is 0 Å². The van der Waals surface area contributed by atoms with Gasteiger partial charge < -0.3 is 40.2 Å². The third-order valence-corrected chi connectivity index (χ3v) is 4.32. The van der Waals surface area contributed by atoms with Gasteiger partial charge in [-0.2, -0.15) is 0 Å². The molecule has 0 aromatic heterocycles. The van der Waals surface area contributed by atoms with Gasteiger partial charge in [0.15, 0.2) is 0 Å². The molecule has 2 N–H and O–H groups in total. The Morgan fingerprint density at radius 1 is 0.815 bits per heavy atom. The molecule has 0 aliphatic heterocycles. The van der Waals surface area contributed by atoms with E-state index < -0.39 is 0 Å². The van der Waals surface area contributed by atoms with Crippen molar-refractivity contribution in [3.63, 3.8) is 0 Å². The van der Waals surface area contributed by atoms with Crippen LogP contribution in [0, 0.1) is 0 Å². The summed E-state index contributed by atoms with van der Waals surface area (Å²) >= 11 is 0. The van der Waals surface area contributed by atoms with E-state index in [1.165, 1.54) is 21.9 Å². The van der Waals surface area contributed by atoms with Gasteiger partial charge in [0.2, 0.25) is 0 Å². The summed E-state index contributed by atoms with van der Waals surface area (Å²) in [6.45, 7) is 3.42. The number of ether oxygens (including phenoxy) is 1. The highest BCUT2D eigenvalue weighted by atomic mass is 35.5. The van der Waals surface area contributed by atoms with Crippen LogP contribution in [0.25, 0.3) is 10.8 Å². The van der Waals surface area contributed by atoms with Crippen molar-refractivity contribution >= 4 is 10.8 Å². The second-order valence-electron chi connectivity index (χ2n) is 6.17. The van der Waals surface area contributed by atoms with Crippen LogP contribution in [0.3, 0.4) is 0 Å². The largest absolute Gasteiger partial charge is 1.00 e. The molecule has 146 valence electrons. The number of hydrogen-bond acceptors (Lipinski definition) is 3. The van der Waals surface area contributed by atoms with E-state index in [-0.39, 0.29) is 24.8 Å². The molecule has 3 rings (SSSR count). The monoisotopic (exact) mass is 404 g/mol. The van der Waals surface area contributed by atoms with Gasteiger partial charge in [0, 0.05) is 12.1 Å². The molecule has 0 spiro atoms. The lowest BCUT2D eigenvalue weighted by Gasteiger charge is -2.15. The van der Waals surface area contributed by atoms with Gasteiger partial charge in [-0.05, 0) is 49.0 Å². The lowest BCUT2D eigenvalue weighted by molar-refractivity contribution is -0.00100. The first-order chi connectivity index (χ1) is 12.4. The fraction of sp³-hybridized carbons (Fsp3) is 0.273. The molecule has 0 amide bonds. The third-order valence-electron chi connectivity index (χ3n) is 4.32. The summed E-state index contributed by atoms with van der Waals surface area (Å²) in [5.74, 6) is 0.962. The molecular weight excluding hydrogens is 379 g/mol. The summed E-state index contributed by atoms with van der Waals surface area (Å²) in [6, 6.07) is 23.0. The summed E-state index contributed by atoms with van der Waals surface area (Å²) in [4.78, 5) is 0. The predicted molar refractivity (Wildman–Crippen MR) is 105 cm³/mol. The van der Waals surface area contributed by atoms with Gasteiger partial charge in [-0.15, -0.1) is 0 Å². The smallest absolute Gasteiger partial charge is 0.124 e. The molecule has 0 aliphatic carbocycles. The Hall–Kier alpha value is -1.78. The summed E-state index contributed by atoms with van der Waals surface area (Å²) in [5.41, 5.74) is 2.42. The van der Waals surface area contributed by atoms with Crippen molar-refractivity contribution < 1.29 is 29.6 Å². The van der Waals surface area contributed by atoms with Crippen LogP contribution in [0.15, 0.2) is 66.7 Å². The maximum atomic E-state index is 6.16. The normalized spacial score (nSPS) is 10.1. The highest BCUT2D eigenvalue weighted by Crippen LogP contribution is 2.28. The van der Waals surface area contributed by atoms with Gasteiger partial charge in [0.1, 0.15) is 12.4 Å². The summed E-state index contributed by atoms with van der Waals surface area (Å²) in [7, 11) is 1.99. The summed E-state index contributed by atoms with van der Waals surface area (Å²) < 4.78 is 6.16. The van der Waals surface area contributed by atoms with Crippen LogP contribution in [0.2, 0.25) is 0 Å². The lowest BCUT2D eigenvalue weighted by Crippen LogP contribution is -3.00. The van der Waals surface area contributed by atoms with Crippen LogP contribution in [0.5, 0.6) is 5.75 Å². The van der Waals surface area contributed by atoms with E-state index in [9.17, 15) is 0 Å². The zero-order valence-electron chi connectivity index (χ0n) is 15.6. The number of fused-ring (bicyclic) bond motifs is 1. The fourth-order valence-electron chi connectivity index (χ4n) is 2.97. The molecule has 0 bridgehead atoms. The maximum Gasteiger partial charge on any atom is 0.124 e. The molecule has 0 aliphatic rings. The van der Waals surface area contributed by atoms with Crippen molar-refractivity contribution in [3.05, 3.63) is 77.9 Å². The zero-order valence-corrected chi connectivity index (χ0v) is 17.1. The molecule has 0 saturated heterocycles. The Morgan fingerprint density at radius 3 is 2.33 bits per heavy atom. The van der Waals surface area contributed by atoms with Crippen LogP contribution in [-0.2, 0) is 13.2 Å². The van der Waals surface area contributed by atoms with Crippen molar-refractivity contribution in [3.8, 4) is 5.75 Å². The number of hydrogen-bond donors (Lipinski definition) is 2. The Morgan fingerprint density at radius 2 is 1.56 bits per heavy atom. The molecule has 0 heterocycles. The minimum Gasteiger partial charge on any atom is -1.00 e. The standard InChI is InChI=1S/C22H26N2O.2ClH/c1-23-14-7-15-24-16-21-20-11-6-5-10-19(20)12-13-22(21)25-17-18-8-3-2-4-9-18;;/h2-6,8-13,23-24H,7,14-17H2,1H3;2*1H/p-2. The van der Waals surface area contributed by atoms with E-state index in [2.05, 4.69) is 59.2 Å². The van der Waals surface area contributed by atoms with Gasteiger partial charge in [-0.1, -0.05) is 60.7 Å². The minimum atomic E-state index is 0. The summed E-state index contributed by atoms with van der Waals surface area (Å²) in [6.07, 6.45) is 1.11. The maximum absolute atomic E-state index is 6.16. The lowest BCUT2D eigenvalue weighted by atomic mass is 10.0.